The first-order valence-electron chi connectivity index (χ1n) is 11.1. The second-order valence-corrected chi connectivity index (χ2v) is 9.93. The zero-order chi connectivity index (χ0) is 23.0. The highest BCUT2D eigenvalue weighted by molar-refractivity contribution is 7.89. The number of benzene rings is 2. The third-order valence-electron chi connectivity index (χ3n) is 5.71. The summed E-state index contributed by atoms with van der Waals surface area (Å²) in [6.45, 7) is 2.09. The van der Waals surface area contributed by atoms with E-state index in [0.29, 0.717) is 6.42 Å². The van der Waals surface area contributed by atoms with Crippen LogP contribution >= 0.6 is 0 Å². The molecule has 0 unspecified atom stereocenters. The molecule has 3 N–H and O–H groups in total. The zero-order valence-electron chi connectivity index (χ0n) is 18.3. The number of hydrogen-bond acceptors (Lipinski definition) is 4. The first-order chi connectivity index (χ1) is 15.3. The summed E-state index contributed by atoms with van der Waals surface area (Å²) < 4.78 is 27.9. The van der Waals surface area contributed by atoms with Gasteiger partial charge in [-0.2, -0.15) is 0 Å². The number of amides is 2. The number of carbonyl (C=O) groups excluding carboxylic acids is 2. The van der Waals surface area contributed by atoms with Gasteiger partial charge < -0.3 is 10.6 Å². The Morgan fingerprint density at radius 3 is 2.25 bits per heavy atom. The molecule has 2 aromatic carbocycles. The molecule has 1 saturated carbocycles. The molecule has 0 bridgehead atoms. The van der Waals surface area contributed by atoms with E-state index in [1.54, 1.807) is 24.3 Å². The van der Waals surface area contributed by atoms with Crippen LogP contribution in [0.2, 0.25) is 0 Å². The number of rotatable bonds is 8. The minimum Gasteiger partial charge on any atom is -0.348 e. The van der Waals surface area contributed by atoms with Crippen LogP contribution in [0.4, 0.5) is 0 Å². The van der Waals surface area contributed by atoms with E-state index >= 15 is 0 Å². The molecule has 1 aliphatic carbocycles. The molecule has 0 spiro atoms. The molecule has 0 aliphatic heterocycles. The molecule has 0 aromatic heterocycles. The molecule has 1 aliphatic rings. The zero-order valence-corrected chi connectivity index (χ0v) is 19.2. The van der Waals surface area contributed by atoms with Gasteiger partial charge in [0, 0.05) is 12.6 Å². The lowest BCUT2D eigenvalue weighted by molar-refractivity contribution is -0.139. The molecule has 0 heterocycles. The van der Waals surface area contributed by atoms with Gasteiger partial charge in [-0.05, 0) is 49.4 Å². The van der Waals surface area contributed by atoms with E-state index in [4.69, 9.17) is 0 Å². The monoisotopic (exact) mass is 457 g/mol. The predicted octanol–water partition coefficient (Wildman–Crippen LogP) is 2.83. The van der Waals surface area contributed by atoms with Crippen molar-refractivity contribution in [1.82, 2.24) is 15.4 Å². The molecule has 32 heavy (non-hydrogen) atoms. The summed E-state index contributed by atoms with van der Waals surface area (Å²) in [4.78, 5) is 24.4. The molecule has 172 valence electrons. The van der Waals surface area contributed by atoms with Crippen LogP contribution in [0.3, 0.4) is 0 Å². The maximum Gasteiger partial charge on any atom is 0.309 e. The lowest BCUT2D eigenvalue weighted by atomic mass is 9.96. The summed E-state index contributed by atoms with van der Waals surface area (Å²) >= 11 is 0. The molecule has 8 heteroatoms. The molecular formula is C24H31N3O4S. The van der Waals surface area contributed by atoms with E-state index in [1.807, 2.05) is 37.3 Å². The SMILES string of the molecule is C[C@@H](NC(=O)C(=O)NCCc1ccc(S(=O)(=O)NC2CCCCC2)cc1)c1ccccc1. The van der Waals surface area contributed by atoms with Crippen LogP contribution in [0.15, 0.2) is 59.5 Å². The van der Waals surface area contributed by atoms with Gasteiger partial charge in [-0.15, -0.1) is 0 Å². The number of nitrogens with one attached hydrogen (secondary N) is 3. The molecule has 1 atom stereocenters. The van der Waals surface area contributed by atoms with Gasteiger partial charge in [-0.1, -0.05) is 61.7 Å². The fourth-order valence-electron chi connectivity index (χ4n) is 3.83. The number of sulfonamides is 1. The van der Waals surface area contributed by atoms with Gasteiger partial charge in [0.1, 0.15) is 0 Å². The summed E-state index contributed by atoms with van der Waals surface area (Å²) in [6.07, 6.45) is 5.53. The minimum absolute atomic E-state index is 0.0133. The fraction of sp³-hybridized carbons (Fsp3) is 0.417. The minimum atomic E-state index is -3.53. The summed E-state index contributed by atoms with van der Waals surface area (Å²) in [5.41, 5.74) is 1.79. The maximum absolute atomic E-state index is 12.6. The largest absolute Gasteiger partial charge is 0.348 e. The van der Waals surface area contributed by atoms with Crippen LogP contribution in [0.25, 0.3) is 0 Å². The van der Waals surface area contributed by atoms with Gasteiger partial charge in [-0.25, -0.2) is 13.1 Å². The molecule has 0 saturated heterocycles. The van der Waals surface area contributed by atoms with Crippen molar-refractivity contribution in [2.75, 3.05) is 6.54 Å². The second kappa shape index (κ2) is 11.2. The van der Waals surface area contributed by atoms with E-state index in [9.17, 15) is 18.0 Å². The van der Waals surface area contributed by atoms with Gasteiger partial charge in [0.2, 0.25) is 10.0 Å². The summed E-state index contributed by atoms with van der Waals surface area (Å²) in [7, 11) is -3.53. The Hall–Kier alpha value is -2.71. The van der Waals surface area contributed by atoms with E-state index in [0.717, 1.165) is 43.2 Å². The fourth-order valence-corrected chi connectivity index (χ4v) is 5.14. The predicted molar refractivity (Wildman–Crippen MR) is 123 cm³/mol. The smallest absolute Gasteiger partial charge is 0.309 e. The maximum atomic E-state index is 12.6. The van der Waals surface area contributed by atoms with Crippen LogP contribution < -0.4 is 15.4 Å². The summed E-state index contributed by atoms with van der Waals surface area (Å²) in [5, 5.41) is 5.28. The van der Waals surface area contributed by atoms with Crippen molar-refractivity contribution in [3.63, 3.8) is 0 Å². The van der Waals surface area contributed by atoms with E-state index < -0.39 is 21.8 Å². The first kappa shape index (κ1) is 23.9. The molecule has 1 fully saturated rings. The average Bonchev–Trinajstić information content (AvgIpc) is 2.80. The van der Waals surface area contributed by atoms with E-state index in [1.165, 1.54) is 0 Å². The van der Waals surface area contributed by atoms with Crippen molar-refractivity contribution < 1.29 is 18.0 Å². The third-order valence-corrected chi connectivity index (χ3v) is 7.25. The molecular weight excluding hydrogens is 426 g/mol. The first-order valence-corrected chi connectivity index (χ1v) is 12.6. The molecule has 0 radical (unpaired) electrons. The van der Waals surface area contributed by atoms with Crippen LogP contribution in [0.5, 0.6) is 0 Å². The van der Waals surface area contributed by atoms with Crippen molar-refractivity contribution in [2.24, 2.45) is 0 Å². The van der Waals surface area contributed by atoms with Crippen LogP contribution in [-0.4, -0.2) is 32.8 Å². The lowest BCUT2D eigenvalue weighted by Crippen LogP contribution is -2.41. The Morgan fingerprint density at radius 2 is 1.59 bits per heavy atom. The van der Waals surface area contributed by atoms with Crippen molar-refractivity contribution in [2.45, 2.75) is 62.4 Å². The molecule has 3 rings (SSSR count). The highest BCUT2D eigenvalue weighted by Crippen LogP contribution is 2.20. The van der Waals surface area contributed by atoms with Crippen LogP contribution in [-0.2, 0) is 26.0 Å². The number of carbonyl (C=O) groups is 2. The lowest BCUT2D eigenvalue weighted by Gasteiger charge is -2.22. The van der Waals surface area contributed by atoms with Gasteiger partial charge in [0.15, 0.2) is 0 Å². The number of hydrogen-bond donors (Lipinski definition) is 3. The molecule has 2 amide bonds. The summed E-state index contributed by atoms with van der Waals surface area (Å²) in [6, 6.07) is 15.8. The standard InChI is InChI=1S/C24H31N3O4S/c1-18(20-8-4-2-5-9-20)26-24(29)23(28)25-17-16-19-12-14-22(15-13-19)32(30,31)27-21-10-6-3-7-11-21/h2,4-5,8-9,12-15,18,21,27H,3,6-7,10-11,16-17H2,1H3,(H,25,28)(H,26,29)/t18-/m1/s1. The van der Waals surface area contributed by atoms with Gasteiger partial charge in [-0.3, -0.25) is 9.59 Å². The van der Waals surface area contributed by atoms with Crippen molar-refractivity contribution in [1.29, 1.82) is 0 Å². The normalized spacial score (nSPS) is 15.7. The Bertz CT molecular complexity index is 1000. The Kier molecular flexibility index (Phi) is 8.41. The Morgan fingerprint density at radius 1 is 0.938 bits per heavy atom. The highest BCUT2D eigenvalue weighted by Gasteiger charge is 2.22. The quantitative estimate of drug-likeness (QED) is 0.530. The Labute approximate surface area is 190 Å². The summed E-state index contributed by atoms with van der Waals surface area (Å²) in [5.74, 6) is -1.37. The van der Waals surface area contributed by atoms with Gasteiger partial charge in [0.05, 0.1) is 10.9 Å². The van der Waals surface area contributed by atoms with Crippen molar-refractivity contribution in [3.05, 3.63) is 65.7 Å². The topological polar surface area (TPSA) is 104 Å². The second-order valence-electron chi connectivity index (χ2n) is 8.21. The van der Waals surface area contributed by atoms with Gasteiger partial charge >= 0.3 is 11.8 Å². The molecule has 2 aromatic rings. The third kappa shape index (κ3) is 6.90. The highest BCUT2D eigenvalue weighted by atomic mass is 32.2. The van der Waals surface area contributed by atoms with Crippen LogP contribution in [0, 0.1) is 0 Å². The van der Waals surface area contributed by atoms with Crippen molar-refractivity contribution in [3.8, 4) is 0 Å². The van der Waals surface area contributed by atoms with E-state index in [2.05, 4.69) is 15.4 Å². The van der Waals surface area contributed by atoms with Crippen molar-refractivity contribution >= 4 is 21.8 Å². The Balaban J connectivity index is 1.44. The van der Waals surface area contributed by atoms with Gasteiger partial charge in [0.25, 0.3) is 0 Å². The average molecular weight is 458 g/mol. The van der Waals surface area contributed by atoms with Crippen LogP contribution in [0.1, 0.15) is 56.2 Å². The van der Waals surface area contributed by atoms with E-state index in [-0.39, 0.29) is 23.5 Å². The molecule has 7 nitrogen and oxygen atoms in total.